The highest BCUT2D eigenvalue weighted by Crippen LogP contribution is 2.19. The maximum absolute atomic E-state index is 11.8. The zero-order chi connectivity index (χ0) is 10.1. The summed E-state index contributed by atoms with van der Waals surface area (Å²) in [5.41, 5.74) is 5.91. The van der Waals surface area contributed by atoms with Crippen LogP contribution in [0.15, 0.2) is 0 Å². The molecular formula is C10H19N3O. The lowest BCUT2D eigenvalue weighted by atomic mass is 10.0. The highest BCUT2D eigenvalue weighted by molar-refractivity contribution is 5.83. The van der Waals surface area contributed by atoms with Gasteiger partial charge in [-0.3, -0.25) is 9.69 Å². The van der Waals surface area contributed by atoms with Crippen LogP contribution in [0.5, 0.6) is 0 Å². The van der Waals surface area contributed by atoms with E-state index in [-0.39, 0.29) is 18.0 Å². The fourth-order valence-electron chi connectivity index (χ4n) is 2.47. The van der Waals surface area contributed by atoms with Crippen LogP contribution in [-0.2, 0) is 4.79 Å². The van der Waals surface area contributed by atoms with E-state index in [1.54, 1.807) is 0 Å². The summed E-state index contributed by atoms with van der Waals surface area (Å²) in [4.78, 5) is 15.8. The molecule has 0 aliphatic carbocycles. The van der Waals surface area contributed by atoms with Crippen molar-refractivity contribution >= 4 is 5.91 Å². The van der Waals surface area contributed by atoms with Crippen molar-refractivity contribution in [2.75, 3.05) is 26.7 Å². The second-order valence-electron chi connectivity index (χ2n) is 4.46. The van der Waals surface area contributed by atoms with Gasteiger partial charge in [-0.15, -0.1) is 0 Å². The average molecular weight is 197 g/mol. The van der Waals surface area contributed by atoms with Crippen molar-refractivity contribution in [2.45, 2.75) is 31.3 Å². The molecule has 2 N–H and O–H groups in total. The molecule has 0 aromatic heterocycles. The summed E-state index contributed by atoms with van der Waals surface area (Å²) < 4.78 is 0. The molecule has 2 atom stereocenters. The number of carbonyl (C=O) groups is 1. The first-order chi connectivity index (χ1) is 6.68. The minimum absolute atomic E-state index is 0.117. The van der Waals surface area contributed by atoms with Crippen molar-refractivity contribution in [3.63, 3.8) is 0 Å². The number of hydrogen-bond acceptors (Lipinski definition) is 3. The minimum Gasteiger partial charge on any atom is -0.344 e. The largest absolute Gasteiger partial charge is 0.344 e. The van der Waals surface area contributed by atoms with Crippen molar-refractivity contribution in [3.8, 4) is 0 Å². The summed E-state index contributed by atoms with van der Waals surface area (Å²) in [5.74, 6) is 0.277. The van der Waals surface area contributed by atoms with Gasteiger partial charge in [0.15, 0.2) is 0 Å². The Morgan fingerprint density at radius 3 is 2.71 bits per heavy atom. The Morgan fingerprint density at radius 1 is 1.36 bits per heavy atom. The van der Waals surface area contributed by atoms with Crippen LogP contribution in [0, 0.1) is 0 Å². The van der Waals surface area contributed by atoms with Gasteiger partial charge in [-0.05, 0) is 25.8 Å². The number of nitrogens with two attached hydrogens (primary N) is 1. The van der Waals surface area contributed by atoms with Crippen LogP contribution in [0.25, 0.3) is 0 Å². The highest BCUT2D eigenvalue weighted by Gasteiger charge is 2.35. The lowest BCUT2D eigenvalue weighted by molar-refractivity contribution is -0.131. The van der Waals surface area contributed by atoms with Crippen LogP contribution in [0.4, 0.5) is 0 Å². The van der Waals surface area contributed by atoms with E-state index < -0.39 is 0 Å². The van der Waals surface area contributed by atoms with E-state index in [9.17, 15) is 4.79 Å². The Morgan fingerprint density at radius 2 is 2.14 bits per heavy atom. The fourth-order valence-corrected chi connectivity index (χ4v) is 2.47. The molecule has 2 rings (SSSR count). The summed E-state index contributed by atoms with van der Waals surface area (Å²) >= 11 is 0. The van der Waals surface area contributed by atoms with Gasteiger partial charge in [0, 0.05) is 26.2 Å². The van der Waals surface area contributed by atoms with Crippen molar-refractivity contribution < 1.29 is 4.79 Å². The summed E-state index contributed by atoms with van der Waals surface area (Å²) in [5, 5.41) is 0. The summed E-state index contributed by atoms with van der Waals surface area (Å²) in [6.45, 7) is 2.83. The van der Waals surface area contributed by atoms with Crippen molar-refractivity contribution in [2.24, 2.45) is 5.73 Å². The molecule has 2 unspecified atom stereocenters. The molecular weight excluding hydrogens is 178 g/mol. The smallest absolute Gasteiger partial charge is 0.239 e. The summed E-state index contributed by atoms with van der Waals surface area (Å²) in [6.07, 6.45) is 3.21. The number of likely N-dealkylation sites (N-methyl/N-ethyl adjacent to an activating group) is 1. The van der Waals surface area contributed by atoms with E-state index in [0.29, 0.717) is 0 Å². The predicted octanol–water partition coefficient (Wildman–Crippen LogP) is -0.360. The van der Waals surface area contributed by atoms with E-state index in [0.717, 1.165) is 38.9 Å². The Balaban J connectivity index is 1.97. The quantitative estimate of drug-likeness (QED) is 0.624. The van der Waals surface area contributed by atoms with Crippen molar-refractivity contribution in [1.29, 1.82) is 0 Å². The molecule has 0 radical (unpaired) electrons. The molecule has 0 aromatic rings. The molecule has 2 heterocycles. The van der Waals surface area contributed by atoms with Crippen LogP contribution in [0.3, 0.4) is 0 Å². The fraction of sp³-hybridized carbons (Fsp3) is 0.900. The third kappa shape index (κ3) is 1.77. The van der Waals surface area contributed by atoms with Gasteiger partial charge in [-0.2, -0.15) is 0 Å². The standard InChI is InChI=1S/C10H19N3O/c1-12-6-4-9(10(12)14)13-5-2-3-8(11)7-13/h8-9H,2-7,11H2,1H3. The number of piperidine rings is 1. The third-order valence-corrected chi connectivity index (χ3v) is 3.33. The molecule has 0 spiro atoms. The Kier molecular flexibility index (Phi) is 2.74. The molecule has 2 aliphatic heterocycles. The number of carbonyl (C=O) groups excluding carboxylic acids is 1. The van der Waals surface area contributed by atoms with Crippen molar-refractivity contribution in [3.05, 3.63) is 0 Å². The van der Waals surface area contributed by atoms with Crippen LogP contribution in [0.1, 0.15) is 19.3 Å². The van der Waals surface area contributed by atoms with Gasteiger partial charge in [0.2, 0.25) is 5.91 Å². The number of rotatable bonds is 1. The second-order valence-corrected chi connectivity index (χ2v) is 4.46. The average Bonchev–Trinajstić information content (AvgIpc) is 2.48. The zero-order valence-electron chi connectivity index (χ0n) is 8.78. The maximum atomic E-state index is 11.8. The number of nitrogens with zero attached hydrogens (tertiary/aromatic N) is 2. The first kappa shape index (κ1) is 9.93. The lowest BCUT2D eigenvalue weighted by Crippen LogP contribution is -2.50. The number of amides is 1. The first-order valence-corrected chi connectivity index (χ1v) is 5.43. The molecule has 4 nitrogen and oxygen atoms in total. The molecule has 4 heteroatoms. The van der Waals surface area contributed by atoms with E-state index in [1.165, 1.54) is 0 Å². The normalized spacial score (nSPS) is 35.3. The number of hydrogen-bond donors (Lipinski definition) is 1. The third-order valence-electron chi connectivity index (χ3n) is 3.33. The van der Waals surface area contributed by atoms with Gasteiger partial charge < -0.3 is 10.6 Å². The van der Waals surface area contributed by atoms with Crippen LogP contribution < -0.4 is 5.73 Å². The lowest BCUT2D eigenvalue weighted by Gasteiger charge is -2.34. The van der Waals surface area contributed by atoms with Crippen LogP contribution in [0.2, 0.25) is 0 Å². The molecule has 2 aliphatic rings. The molecule has 14 heavy (non-hydrogen) atoms. The van der Waals surface area contributed by atoms with Crippen molar-refractivity contribution in [1.82, 2.24) is 9.80 Å². The van der Waals surface area contributed by atoms with Gasteiger partial charge in [0.25, 0.3) is 0 Å². The Labute approximate surface area is 85.0 Å². The van der Waals surface area contributed by atoms with E-state index in [2.05, 4.69) is 4.90 Å². The predicted molar refractivity (Wildman–Crippen MR) is 54.8 cm³/mol. The van der Waals surface area contributed by atoms with Gasteiger partial charge in [-0.1, -0.05) is 0 Å². The van der Waals surface area contributed by atoms with E-state index in [1.807, 2.05) is 11.9 Å². The molecule has 0 saturated carbocycles. The summed E-state index contributed by atoms with van der Waals surface area (Å²) in [7, 11) is 1.88. The molecule has 80 valence electrons. The van der Waals surface area contributed by atoms with E-state index in [4.69, 9.17) is 5.73 Å². The minimum atomic E-state index is 0.117. The van der Waals surface area contributed by atoms with Crippen LogP contribution >= 0.6 is 0 Å². The summed E-state index contributed by atoms with van der Waals surface area (Å²) in [6, 6.07) is 0.383. The van der Waals surface area contributed by atoms with Crippen LogP contribution in [-0.4, -0.2) is 54.5 Å². The first-order valence-electron chi connectivity index (χ1n) is 5.43. The maximum Gasteiger partial charge on any atom is 0.239 e. The second kappa shape index (κ2) is 3.87. The molecule has 2 saturated heterocycles. The van der Waals surface area contributed by atoms with Gasteiger partial charge >= 0.3 is 0 Å². The molecule has 0 bridgehead atoms. The molecule has 0 aromatic carbocycles. The zero-order valence-corrected chi connectivity index (χ0v) is 8.78. The van der Waals surface area contributed by atoms with Gasteiger partial charge in [0.05, 0.1) is 6.04 Å². The van der Waals surface area contributed by atoms with E-state index >= 15 is 0 Å². The molecule has 2 fully saturated rings. The Bertz CT molecular complexity index is 231. The SMILES string of the molecule is CN1CCC(N2CCCC(N)C2)C1=O. The molecule has 1 amide bonds. The topological polar surface area (TPSA) is 49.6 Å². The monoisotopic (exact) mass is 197 g/mol. The Hall–Kier alpha value is -0.610. The number of likely N-dealkylation sites (tertiary alicyclic amines) is 2. The highest BCUT2D eigenvalue weighted by atomic mass is 16.2. The van der Waals surface area contributed by atoms with Gasteiger partial charge in [-0.25, -0.2) is 0 Å². The van der Waals surface area contributed by atoms with Gasteiger partial charge in [0.1, 0.15) is 0 Å².